The van der Waals surface area contributed by atoms with Crippen molar-refractivity contribution < 1.29 is 54.9 Å². The van der Waals surface area contributed by atoms with Gasteiger partial charge in [0.05, 0.1) is 61.5 Å². The van der Waals surface area contributed by atoms with Crippen LogP contribution in [0.25, 0.3) is 0 Å². The molecule has 2 aliphatic heterocycles. The van der Waals surface area contributed by atoms with Gasteiger partial charge in [-0.25, -0.2) is 24.7 Å². The second kappa shape index (κ2) is 29.8. The van der Waals surface area contributed by atoms with Gasteiger partial charge in [0.15, 0.2) is 23.0 Å². The molecule has 28 heteroatoms. The number of carbonyl (C=O) groups is 4. The van der Waals surface area contributed by atoms with Crippen molar-refractivity contribution in [2.24, 2.45) is 31.3 Å². The van der Waals surface area contributed by atoms with Crippen molar-refractivity contribution in [1.82, 2.24) is 44.8 Å². The highest BCUT2D eigenvalue weighted by atomic mass is 79.9. The summed E-state index contributed by atoms with van der Waals surface area (Å²) in [5.41, 5.74) is 17.1. The van der Waals surface area contributed by atoms with Crippen LogP contribution in [0.3, 0.4) is 0 Å². The zero-order valence-corrected chi connectivity index (χ0v) is 51.0. The third-order valence-corrected chi connectivity index (χ3v) is 15.3. The van der Waals surface area contributed by atoms with Gasteiger partial charge in [0, 0.05) is 73.8 Å². The number of hydrogen-bond donors (Lipinski definition) is 13. The van der Waals surface area contributed by atoms with E-state index in [0.29, 0.717) is 57.6 Å². The Labute approximate surface area is 511 Å². The molecule has 0 spiro atoms. The number of amides is 3. The van der Waals surface area contributed by atoms with Crippen LogP contribution >= 0.6 is 15.9 Å². The summed E-state index contributed by atoms with van der Waals surface area (Å²) < 4.78 is 4.22. The highest BCUT2D eigenvalue weighted by Gasteiger charge is 2.33. The Morgan fingerprint density at radius 2 is 1.00 bits per heavy atom. The summed E-state index contributed by atoms with van der Waals surface area (Å²) in [4.78, 5) is 68.9. The molecular weight excluding hydrogens is 1190 g/mol. The largest absolute Gasteiger partial charge is 0.478 e. The lowest BCUT2D eigenvalue weighted by Gasteiger charge is -2.40. The number of nitrogens with zero attached hydrogens (tertiary/aromatic N) is 10. The van der Waals surface area contributed by atoms with Gasteiger partial charge in [0.1, 0.15) is 28.4 Å². The maximum Gasteiger partial charge on any atom is 0.335 e. The molecule has 466 valence electrons. The van der Waals surface area contributed by atoms with Crippen LogP contribution < -0.4 is 43.0 Å². The number of carboxylic acid groups (broad SMARTS) is 1. The number of carboxylic acids is 1. The van der Waals surface area contributed by atoms with Gasteiger partial charge in [-0.3, -0.25) is 23.7 Å². The third kappa shape index (κ3) is 18.0. The lowest BCUT2D eigenvalue weighted by Crippen LogP contribution is -2.54. The minimum absolute atomic E-state index is 0.0192. The number of aliphatic hydroxyl groups excluding tert-OH is 3. The van der Waals surface area contributed by atoms with Gasteiger partial charge in [-0.2, -0.15) is 10.2 Å². The maximum atomic E-state index is 13.0. The molecule has 0 saturated carbocycles. The molecule has 3 amide bonds. The van der Waals surface area contributed by atoms with Crippen molar-refractivity contribution in [3.8, 4) is 0 Å². The number of aromatic nitrogens is 8. The molecule has 16 N–H and O–H groups in total. The predicted molar refractivity (Wildman–Crippen MR) is 329 cm³/mol. The van der Waals surface area contributed by atoms with Gasteiger partial charge >= 0.3 is 5.97 Å². The van der Waals surface area contributed by atoms with E-state index in [1.54, 1.807) is 97.8 Å². The summed E-state index contributed by atoms with van der Waals surface area (Å²) in [5, 5.41) is 82.6. The first-order valence-corrected chi connectivity index (χ1v) is 28.5. The molecule has 4 aromatic heterocycles. The van der Waals surface area contributed by atoms with E-state index in [2.05, 4.69) is 73.8 Å². The van der Waals surface area contributed by atoms with E-state index in [1.165, 1.54) is 44.3 Å². The zero-order valence-electron chi connectivity index (χ0n) is 49.4. The highest BCUT2D eigenvalue weighted by molar-refractivity contribution is 9.10. The van der Waals surface area contributed by atoms with Gasteiger partial charge in [-0.1, -0.05) is 52.3 Å². The van der Waals surface area contributed by atoms with Crippen LogP contribution in [0.4, 0.5) is 34.6 Å². The van der Waals surface area contributed by atoms with E-state index in [9.17, 15) is 39.6 Å². The Kier molecular flexibility index (Phi) is 23.1. The van der Waals surface area contributed by atoms with E-state index in [1.807, 2.05) is 24.0 Å². The zero-order chi connectivity index (χ0) is 64.0. The quantitative estimate of drug-likeness (QED) is 0.0619. The van der Waals surface area contributed by atoms with Crippen LogP contribution in [-0.2, 0) is 30.9 Å². The average Bonchev–Trinajstić information content (AvgIpc) is 2.80. The molecular formula is C59H77BrN16O11. The molecule has 7 aromatic rings. The smallest absolute Gasteiger partial charge is 0.335 e. The number of aliphatic hydroxyl groups is 6. The lowest BCUT2D eigenvalue weighted by atomic mass is 9.95. The normalized spacial score (nSPS) is 18.5. The number of aryl methyl sites for hydroxylation is 2. The molecule has 3 unspecified atom stereocenters. The van der Waals surface area contributed by atoms with Crippen molar-refractivity contribution in [3.63, 3.8) is 0 Å². The molecule has 9 rings (SSSR count). The monoisotopic (exact) mass is 1260 g/mol. The van der Waals surface area contributed by atoms with Crippen molar-refractivity contribution in [3.05, 3.63) is 154 Å². The molecule has 0 bridgehead atoms. The van der Waals surface area contributed by atoms with Gasteiger partial charge in [0.25, 0.3) is 17.7 Å². The van der Waals surface area contributed by atoms with Crippen LogP contribution in [0.5, 0.6) is 0 Å². The number of hydrogen-bond acceptors (Lipinski definition) is 21. The molecule has 2 aliphatic rings. The predicted octanol–water partition coefficient (Wildman–Crippen LogP) is 3.64. The van der Waals surface area contributed by atoms with E-state index in [0.717, 1.165) is 36.7 Å². The Morgan fingerprint density at radius 1 is 0.609 bits per heavy atom. The number of nitrogens with one attached hydrogen (secondary N) is 3. The first-order chi connectivity index (χ1) is 41.1. The van der Waals surface area contributed by atoms with E-state index >= 15 is 0 Å². The second-order valence-electron chi connectivity index (χ2n) is 21.8. The van der Waals surface area contributed by atoms with Crippen LogP contribution in [0.15, 0.2) is 114 Å². The summed E-state index contributed by atoms with van der Waals surface area (Å²) >= 11 is 3.29. The fourth-order valence-electron chi connectivity index (χ4n) is 9.26. The Balaban J connectivity index is 0.000000206. The molecule has 6 heterocycles. The molecule has 2 fully saturated rings. The molecule has 2 saturated heterocycles. The summed E-state index contributed by atoms with van der Waals surface area (Å²) in [6.45, 7) is 9.09. The fourth-order valence-corrected chi connectivity index (χ4v) is 9.52. The topological polar surface area (TPSA) is 418 Å². The summed E-state index contributed by atoms with van der Waals surface area (Å²) in [7, 11) is 3.58. The van der Waals surface area contributed by atoms with E-state index < -0.39 is 47.8 Å². The standard InChI is InChI=1S/C25H32N8O4.C15H22N8O.C10H12O4.C9H11BrO2/c1-15-19(30-24(36)16-6-8-17(9-7-16)25(2,37)14-34)5-4-10-33(15)20-12-27-21(22(26)35)23(31-20)29-18-11-28-32(3)13-18;1-9-11(16)4-3-5-23(9)12-7-18-13(14(17)24)15(21-12)20-10-6-19-22(2)8-10;1-10(14,6-11)8-4-2-7(3-5-8)9(12)13;1-9(12,6-11)7-2-4-8(10)5-3-7/h6-9,11-13,15,19,34,37H,4-5,10,14H2,1-3H3,(H2,26,35)(H,29,31)(H,30,36);6-9,11H,3-5,16H2,1-2H3,(H2,17,24)(H,20,21);2-5,11,14H,6H2,1H3,(H,12,13);2-5,11-12H,6H2,1H3/t15-,19-,25?;9-,11-;;/m11../s1. The summed E-state index contributed by atoms with van der Waals surface area (Å²) in [6, 6.07) is 19.5. The molecule has 0 radical (unpaired) electrons. The van der Waals surface area contributed by atoms with Crippen LogP contribution in [-0.4, -0.2) is 156 Å². The number of primary amides is 2. The maximum absolute atomic E-state index is 13.0. The van der Waals surface area contributed by atoms with E-state index in [-0.39, 0.29) is 59.5 Å². The molecule has 0 aliphatic carbocycles. The minimum Gasteiger partial charge on any atom is -0.478 e. The summed E-state index contributed by atoms with van der Waals surface area (Å²) in [6.07, 6.45) is 13.4. The number of nitrogens with two attached hydrogens (primary N) is 3. The third-order valence-electron chi connectivity index (χ3n) is 14.8. The number of halogens is 1. The highest BCUT2D eigenvalue weighted by Crippen LogP contribution is 2.29. The van der Waals surface area contributed by atoms with Gasteiger partial charge in [-0.15, -0.1) is 0 Å². The Morgan fingerprint density at radius 3 is 1.38 bits per heavy atom. The number of anilines is 6. The van der Waals surface area contributed by atoms with Crippen molar-refractivity contribution in [1.29, 1.82) is 0 Å². The number of benzene rings is 3. The first kappa shape index (κ1) is 67.6. The number of rotatable bonds is 17. The Bertz CT molecular complexity index is 3440. The first-order valence-electron chi connectivity index (χ1n) is 27.7. The average molecular weight is 1270 g/mol. The molecule has 7 atom stereocenters. The van der Waals surface area contributed by atoms with Gasteiger partial charge in [-0.05, 0) is 113 Å². The number of piperidine rings is 2. The number of carbonyl (C=O) groups excluding carboxylic acids is 3. The van der Waals surface area contributed by atoms with Crippen molar-refractivity contribution in [2.75, 3.05) is 53.3 Å². The van der Waals surface area contributed by atoms with Crippen molar-refractivity contribution in [2.45, 2.75) is 101 Å². The van der Waals surface area contributed by atoms with Crippen LogP contribution in [0.1, 0.15) is 119 Å². The van der Waals surface area contributed by atoms with Crippen LogP contribution in [0.2, 0.25) is 0 Å². The fraction of sp³-hybridized carbons (Fsp3) is 0.390. The minimum atomic E-state index is -1.37. The second-order valence-corrected chi connectivity index (χ2v) is 22.7. The van der Waals surface area contributed by atoms with E-state index in [4.69, 9.17) is 32.5 Å². The van der Waals surface area contributed by atoms with Gasteiger partial charge < -0.3 is 78.7 Å². The molecule has 3 aromatic carbocycles. The molecule has 27 nitrogen and oxygen atoms in total. The van der Waals surface area contributed by atoms with Crippen LogP contribution in [0, 0.1) is 0 Å². The number of aromatic carboxylic acids is 1. The lowest BCUT2D eigenvalue weighted by molar-refractivity contribution is -0.00241. The summed E-state index contributed by atoms with van der Waals surface area (Å²) in [5.74, 6) is -0.803. The molecule has 87 heavy (non-hydrogen) atoms. The SMILES string of the molecule is CC(O)(CO)c1ccc(Br)cc1.CC(O)(CO)c1ccc(C(=O)O)cc1.C[C@@H]1[C@H](N)CCCN1c1cnc(C(N)=O)c(Nc2cnn(C)c2)n1.C[C@@H]1[C@H](NC(=O)c2ccc(C(C)(O)CO)cc2)CCCN1c1cnc(C(N)=O)c(Nc2cnn(C)c2)n1. The Hall–Kier alpha value is -8.48. The van der Waals surface area contributed by atoms with Crippen molar-refractivity contribution >= 4 is 74.3 Å². The van der Waals surface area contributed by atoms with Gasteiger partial charge in [0.2, 0.25) is 0 Å².